The number of allylic oxidation sites excluding steroid dienone is 2. The molecule has 0 aromatic heterocycles. The Morgan fingerprint density at radius 1 is 1.09 bits per heavy atom. The molecule has 6 atom stereocenters. The van der Waals surface area contributed by atoms with Crippen molar-refractivity contribution in [1.82, 2.24) is 25.2 Å². The molecule has 1 unspecified atom stereocenters. The smallest absolute Gasteiger partial charge is 0.410 e. The van der Waals surface area contributed by atoms with Gasteiger partial charge in [-0.3, -0.25) is 24.0 Å². The first kappa shape index (κ1) is 41.6. The van der Waals surface area contributed by atoms with Crippen LogP contribution in [0.2, 0.25) is 0 Å². The van der Waals surface area contributed by atoms with Crippen LogP contribution in [0.5, 0.6) is 0 Å². The minimum Gasteiger partial charge on any atom is -0.444 e. The summed E-state index contributed by atoms with van der Waals surface area (Å²) in [7, 11) is -4.01. The average molecular weight is 818 g/mol. The van der Waals surface area contributed by atoms with Crippen molar-refractivity contribution < 1.29 is 60.5 Å². The zero-order chi connectivity index (χ0) is 41.3. The predicted molar refractivity (Wildman–Crippen MR) is 197 cm³/mol. The number of sulfonamides is 1. The lowest BCUT2D eigenvalue weighted by Crippen LogP contribution is -2.59. The lowest BCUT2D eigenvalue weighted by atomic mass is 10.1. The molecule has 0 bridgehead atoms. The third-order valence-electron chi connectivity index (χ3n) is 10.2. The minimum atomic E-state index is -4.01. The maximum Gasteiger partial charge on any atom is 0.410 e. The van der Waals surface area contributed by atoms with Crippen molar-refractivity contribution in [3.8, 4) is 0 Å². The number of fused-ring (bicyclic) bond motifs is 3. The fourth-order valence-electron chi connectivity index (χ4n) is 7.07. The first-order valence-electron chi connectivity index (χ1n) is 18.9. The molecule has 3 aliphatic heterocycles. The molecule has 310 valence electrons. The quantitative estimate of drug-likeness (QED) is 0.157. The number of esters is 1. The zero-order valence-electron chi connectivity index (χ0n) is 32.2. The average Bonchev–Trinajstić information content (AvgIpc) is 4.01. The molecule has 17 nitrogen and oxygen atoms in total. The van der Waals surface area contributed by atoms with Gasteiger partial charge in [0, 0.05) is 36.9 Å². The van der Waals surface area contributed by atoms with Gasteiger partial charge in [-0.05, 0) is 65.0 Å². The van der Waals surface area contributed by atoms with Gasteiger partial charge in [-0.25, -0.2) is 27.2 Å². The van der Waals surface area contributed by atoms with E-state index in [1.165, 1.54) is 29.2 Å². The highest BCUT2D eigenvalue weighted by Crippen LogP contribution is 2.46. The molecule has 6 rings (SSSR count). The number of ether oxygens (including phenoxy) is 4. The second-order valence-electron chi connectivity index (χ2n) is 15.8. The SMILES string of the molecule is C/C=C/C(=O)OC1CC/C=C\[C@@H]2C[C@@]2(C(=O)NS(=O)(=O)C2CC2)NC(=O)[C@@H]2C[C@@H](OC(=O)N3Cc4cccc(F)c4C3)CN2C(=O)[C@@H](NC(=O)OC(C)(C)C)CO1. The van der Waals surface area contributed by atoms with Crippen molar-refractivity contribution >= 4 is 45.9 Å². The molecule has 0 spiro atoms. The zero-order valence-corrected chi connectivity index (χ0v) is 33.0. The monoisotopic (exact) mass is 817 g/mol. The highest BCUT2D eigenvalue weighted by Gasteiger charge is 2.62. The molecule has 5 amide bonds. The number of halogens is 1. The number of nitrogens with zero attached hydrogens (tertiary/aromatic N) is 2. The molecule has 1 aromatic rings. The van der Waals surface area contributed by atoms with E-state index in [4.69, 9.17) is 18.9 Å². The third kappa shape index (κ3) is 9.92. The maximum absolute atomic E-state index is 14.5. The van der Waals surface area contributed by atoms with Crippen LogP contribution >= 0.6 is 0 Å². The van der Waals surface area contributed by atoms with E-state index in [0.717, 1.165) is 4.90 Å². The molecule has 57 heavy (non-hydrogen) atoms. The number of alkyl carbamates (subject to hydrolysis) is 1. The van der Waals surface area contributed by atoms with Crippen molar-refractivity contribution in [2.24, 2.45) is 5.92 Å². The Morgan fingerprint density at radius 3 is 2.53 bits per heavy atom. The number of hydrogen-bond acceptors (Lipinski definition) is 12. The number of carbonyl (C=O) groups excluding carboxylic acids is 6. The van der Waals surface area contributed by atoms with E-state index in [1.807, 2.05) is 0 Å². The van der Waals surface area contributed by atoms with Crippen LogP contribution in [-0.2, 0) is 61.2 Å². The van der Waals surface area contributed by atoms with Crippen LogP contribution in [0.3, 0.4) is 0 Å². The highest BCUT2D eigenvalue weighted by molar-refractivity contribution is 7.91. The molecule has 5 aliphatic rings. The fraction of sp³-hybridized carbons (Fsp3) is 0.579. The van der Waals surface area contributed by atoms with Gasteiger partial charge in [-0.15, -0.1) is 0 Å². The summed E-state index contributed by atoms with van der Waals surface area (Å²) >= 11 is 0. The van der Waals surface area contributed by atoms with E-state index in [1.54, 1.807) is 45.9 Å². The van der Waals surface area contributed by atoms with Gasteiger partial charge in [-0.2, -0.15) is 0 Å². The van der Waals surface area contributed by atoms with Gasteiger partial charge in [0.2, 0.25) is 28.1 Å². The Hall–Kier alpha value is -5.04. The molecular formula is C38H48FN5O12S. The summed E-state index contributed by atoms with van der Waals surface area (Å²) in [5.74, 6) is -4.49. The van der Waals surface area contributed by atoms with Crippen molar-refractivity contribution in [3.63, 3.8) is 0 Å². The topological polar surface area (TPSA) is 216 Å². The first-order chi connectivity index (χ1) is 26.9. The molecule has 2 saturated carbocycles. The fourth-order valence-corrected chi connectivity index (χ4v) is 8.44. The Morgan fingerprint density at radius 2 is 1.84 bits per heavy atom. The number of rotatable bonds is 7. The van der Waals surface area contributed by atoms with Crippen molar-refractivity contribution in [2.45, 2.75) is 120 Å². The molecular weight excluding hydrogens is 770 g/mol. The molecule has 3 N–H and O–H groups in total. The Balaban J connectivity index is 1.30. The molecule has 0 radical (unpaired) electrons. The van der Waals surface area contributed by atoms with Crippen LogP contribution in [-0.4, -0.2) is 108 Å². The molecule has 19 heteroatoms. The Bertz CT molecular complexity index is 1960. The van der Waals surface area contributed by atoms with Crippen LogP contribution in [0, 0.1) is 11.7 Å². The summed E-state index contributed by atoms with van der Waals surface area (Å²) < 4.78 is 64.9. The number of hydrogen-bond donors (Lipinski definition) is 3. The lowest BCUT2D eigenvalue weighted by Gasteiger charge is -2.30. The summed E-state index contributed by atoms with van der Waals surface area (Å²) in [6, 6.07) is 1.59. The van der Waals surface area contributed by atoms with Gasteiger partial charge in [0.25, 0.3) is 5.91 Å². The second-order valence-corrected chi connectivity index (χ2v) is 17.8. The number of benzene rings is 1. The summed E-state index contributed by atoms with van der Waals surface area (Å²) in [4.78, 5) is 83.9. The number of amides is 5. The van der Waals surface area contributed by atoms with Crippen LogP contribution in [0.25, 0.3) is 0 Å². The normalized spacial score (nSPS) is 28.5. The minimum absolute atomic E-state index is 0.0332. The van der Waals surface area contributed by atoms with Crippen LogP contribution < -0.4 is 15.4 Å². The van der Waals surface area contributed by atoms with E-state index in [0.29, 0.717) is 24.0 Å². The van der Waals surface area contributed by atoms with E-state index in [9.17, 15) is 41.6 Å². The molecule has 2 aliphatic carbocycles. The van der Waals surface area contributed by atoms with Gasteiger partial charge >= 0.3 is 18.2 Å². The Kier molecular flexibility index (Phi) is 12.0. The second kappa shape index (κ2) is 16.4. The van der Waals surface area contributed by atoms with Crippen LogP contribution in [0.1, 0.15) is 77.3 Å². The predicted octanol–water partition coefficient (Wildman–Crippen LogP) is 2.44. The summed E-state index contributed by atoms with van der Waals surface area (Å²) in [5, 5.41) is 4.48. The van der Waals surface area contributed by atoms with Gasteiger partial charge in [0.15, 0.2) is 0 Å². The number of carbonyl (C=O) groups is 6. The van der Waals surface area contributed by atoms with Gasteiger partial charge in [0.05, 0.1) is 24.9 Å². The van der Waals surface area contributed by atoms with Gasteiger partial charge in [0.1, 0.15) is 35.1 Å². The summed E-state index contributed by atoms with van der Waals surface area (Å²) in [6.07, 6.45) is 2.75. The third-order valence-corrected chi connectivity index (χ3v) is 12.0. The molecule has 3 fully saturated rings. The lowest BCUT2D eigenvalue weighted by molar-refractivity contribution is -0.177. The van der Waals surface area contributed by atoms with Gasteiger partial charge < -0.3 is 34.5 Å². The van der Waals surface area contributed by atoms with Crippen molar-refractivity contribution in [2.75, 3.05) is 13.2 Å². The largest absolute Gasteiger partial charge is 0.444 e. The van der Waals surface area contributed by atoms with E-state index >= 15 is 0 Å². The number of nitrogens with one attached hydrogen (secondary N) is 3. The molecule has 3 heterocycles. The van der Waals surface area contributed by atoms with E-state index < -0.39 is 105 Å². The van der Waals surface area contributed by atoms with E-state index in [2.05, 4.69) is 15.4 Å². The van der Waals surface area contributed by atoms with Crippen molar-refractivity contribution in [1.29, 1.82) is 0 Å². The Labute approximate surface area is 329 Å². The summed E-state index contributed by atoms with van der Waals surface area (Å²) in [6.45, 7) is 5.59. The molecule has 1 saturated heterocycles. The van der Waals surface area contributed by atoms with Gasteiger partial charge in [-0.1, -0.05) is 30.4 Å². The maximum atomic E-state index is 14.5. The van der Waals surface area contributed by atoms with Crippen LogP contribution in [0.15, 0.2) is 42.5 Å². The first-order valence-corrected chi connectivity index (χ1v) is 20.4. The van der Waals surface area contributed by atoms with Crippen molar-refractivity contribution in [3.05, 3.63) is 59.4 Å². The summed E-state index contributed by atoms with van der Waals surface area (Å²) in [5.41, 5.74) is -1.73. The highest BCUT2D eigenvalue weighted by atomic mass is 32.2. The van der Waals surface area contributed by atoms with E-state index in [-0.39, 0.29) is 45.3 Å². The molecule has 1 aromatic carbocycles. The standard InChI is InChI=1S/C38H48FN5O12S/c1-5-9-30(45)55-31-13-7-6-11-23-17-38(23,34(48)42-57(51,52)25-14-15-25)41-32(46)29-16-24(54-36(50)43-18-22-10-8-12-27(39)26(22)20-43)19-44(29)33(47)28(21-53-31)40-35(49)56-37(2,3)4/h5-6,8-12,23-25,28-29,31H,7,13-21H2,1-4H3,(H,40,49)(H,41,46)(H,42,48)/b9-5+,11-6-/t23-,24-,28+,29+,31?,38-/m1/s1. The van der Waals surface area contributed by atoms with Crippen LogP contribution in [0.4, 0.5) is 14.0 Å².